The number of hydrogen-bond acceptors (Lipinski definition) is 4. The van der Waals surface area contributed by atoms with Crippen LogP contribution in [0.5, 0.6) is 5.75 Å². The summed E-state index contributed by atoms with van der Waals surface area (Å²) in [4.78, 5) is 25.2. The lowest BCUT2D eigenvalue weighted by Gasteiger charge is -2.39. The average Bonchev–Trinajstić information content (AvgIpc) is 2.53. The highest BCUT2D eigenvalue weighted by molar-refractivity contribution is 5.97. The van der Waals surface area contributed by atoms with E-state index in [2.05, 4.69) is 0 Å². The number of carbonyl (C=O) groups excluding carboxylic acids is 1. The molecule has 1 heterocycles. The number of nitro benzene ring substituents is 1. The lowest BCUT2D eigenvalue weighted by molar-refractivity contribution is -0.385. The summed E-state index contributed by atoms with van der Waals surface area (Å²) in [7, 11) is 0. The first-order valence-electron chi connectivity index (χ1n) is 7.68. The van der Waals surface area contributed by atoms with Crippen LogP contribution in [0, 0.1) is 10.1 Å². The van der Waals surface area contributed by atoms with Gasteiger partial charge in [-0.25, -0.2) is 0 Å². The van der Waals surface area contributed by atoms with Crippen LogP contribution in [-0.4, -0.2) is 23.0 Å². The molecular weight excluding hydrogens is 308 g/mol. The highest BCUT2D eigenvalue weighted by Crippen LogP contribution is 2.37. The monoisotopic (exact) mass is 326 g/mol. The fraction of sp³-hybridized carbons (Fsp3) is 0.278. The van der Waals surface area contributed by atoms with Crippen LogP contribution in [0.3, 0.4) is 0 Å². The largest absolute Gasteiger partial charge is 0.484 e. The third-order valence-corrected chi connectivity index (χ3v) is 3.91. The molecule has 0 aromatic heterocycles. The van der Waals surface area contributed by atoms with Crippen molar-refractivity contribution >= 4 is 17.3 Å². The van der Waals surface area contributed by atoms with E-state index < -0.39 is 10.5 Å². The van der Waals surface area contributed by atoms with Crippen molar-refractivity contribution in [2.75, 3.05) is 11.4 Å². The van der Waals surface area contributed by atoms with Crippen molar-refractivity contribution in [3.63, 3.8) is 0 Å². The van der Waals surface area contributed by atoms with Gasteiger partial charge in [-0.2, -0.15) is 0 Å². The summed E-state index contributed by atoms with van der Waals surface area (Å²) in [5.41, 5.74) is 0.549. The molecule has 124 valence electrons. The molecule has 24 heavy (non-hydrogen) atoms. The average molecular weight is 326 g/mol. The molecule has 0 N–H and O–H groups in total. The Labute approximate surface area is 139 Å². The van der Waals surface area contributed by atoms with Gasteiger partial charge in [0.2, 0.25) is 5.91 Å². The Morgan fingerprint density at radius 1 is 1.21 bits per heavy atom. The van der Waals surface area contributed by atoms with Gasteiger partial charge in [-0.15, -0.1) is 0 Å². The first-order valence-corrected chi connectivity index (χ1v) is 7.68. The lowest BCUT2D eigenvalue weighted by Crippen LogP contribution is -2.49. The zero-order valence-electron chi connectivity index (χ0n) is 13.6. The summed E-state index contributed by atoms with van der Waals surface area (Å²) >= 11 is 0. The number of nitrogens with zero attached hydrogens (tertiary/aromatic N) is 2. The first-order chi connectivity index (χ1) is 11.4. The minimum absolute atomic E-state index is 0.0262. The number of amides is 1. The Bertz CT molecular complexity index is 801. The predicted octanol–water partition coefficient (Wildman–Crippen LogP) is 3.34. The molecule has 1 amide bonds. The number of ether oxygens (including phenoxy) is 1. The first kappa shape index (κ1) is 16.0. The second-order valence-corrected chi connectivity index (χ2v) is 6.37. The van der Waals surface area contributed by atoms with Crippen LogP contribution in [0.1, 0.15) is 19.4 Å². The quantitative estimate of drug-likeness (QED) is 0.640. The molecule has 2 aromatic carbocycles. The predicted molar refractivity (Wildman–Crippen MR) is 90.3 cm³/mol. The van der Waals surface area contributed by atoms with Crippen LogP contribution in [-0.2, 0) is 11.2 Å². The zero-order chi connectivity index (χ0) is 17.3. The molecule has 3 rings (SSSR count). The van der Waals surface area contributed by atoms with Crippen LogP contribution < -0.4 is 9.64 Å². The number of nitro groups is 1. The molecule has 0 bridgehead atoms. The van der Waals surface area contributed by atoms with Gasteiger partial charge in [0, 0.05) is 11.6 Å². The minimum atomic E-state index is -0.521. The van der Waals surface area contributed by atoms with Gasteiger partial charge < -0.3 is 9.64 Å². The number of fused-ring (bicyclic) bond motifs is 1. The van der Waals surface area contributed by atoms with Crippen LogP contribution in [0.15, 0.2) is 48.5 Å². The van der Waals surface area contributed by atoms with Crippen molar-refractivity contribution in [1.82, 2.24) is 0 Å². The molecule has 0 unspecified atom stereocenters. The number of hydrogen-bond donors (Lipinski definition) is 0. The number of para-hydroxylation sites is 3. The van der Waals surface area contributed by atoms with E-state index in [-0.39, 0.29) is 18.0 Å². The molecule has 1 aliphatic rings. The van der Waals surface area contributed by atoms with E-state index in [1.807, 2.05) is 38.1 Å². The van der Waals surface area contributed by atoms with Crippen LogP contribution in [0.2, 0.25) is 0 Å². The maximum absolute atomic E-state index is 12.8. The van der Waals surface area contributed by atoms with E-state index >= 15 is 0 Å². The fourth-order valence-electron chi connectivity index (χ4n) is 2.88. The second-order valence-electron chi connectivity index (χ2n) is 6.37. The molecule has 0 fully saturated rings. The van der Waals surface area contributed by atoms with Crippen molar-refractivity contribution in [1.29, 1.82) is 0 Å². The Balaban J connectivity index is 1.92. The molecular formula is C18H18N2O4. The van der Waals surface area contributed by atoms with E-state index in [0.29, 0.717) is 23.5 Å². The number of rotatable bonds is 3. The normalized spacial score (nSPS) is 15.3. The van der Waals surface area contributed by atoms with Gasteiger partial charge in [-0.1, -0.05) is 30.3 Å². The summed E-state index contributed by atoms with van der Waals surface area (Å²) in [6.07, 6.45) is -0.0262. The van der Waals surface area contributed by atoms with E-state index in [0.717, 1.165) is 0 Å². The molecule has 0 spiro atoms. The maximum Gasteiger partial charge on any atom is 0.273 e. The zero-order valence-corrected chi connectivity index (χ0v) is 13.6. The summed E-state index contributed by atoms with van der Waals surface area (Å²) < 4.78 is 5.91. The van der Waals surface area contributed by atoms with Crippen LogP contribution in [0.4, 0.5) is 11.4 Å². The summed E-state index contributed by atoms with van der Waals surface area (Å²) in [5.74, 6) is 0.456. The van der Waals surface area contributed by atoms with Crippen molar-refractivity contribution in [2.45, 2.75) is 25.9 Å². The van der Waals surface area contributed by atoms with Crippen molar-refractivity contribution in [2.24, 2.45) is 0 Å². The Morgan fingerprint density at radius 2 is 1.88 bits per heavy atom. The van der Waals surface area contributed by atoms with E-state index in [4.69, 9.17) is 4.74 Å². The third kappa shape index (κ3) is 3.08. The molecule has 1 aliphatic heterocycles. The summed E-state index contributed by atoms with van der Waals surface area (Å²) in [5, 5.41) is 11.1. The van der Waals surface area contributed by atoms with E-state index in [1.165, 1.54) is 6.07 Å². The Kier molecular flexibility index (Phi) is 3.97. The molecule has 0 radical (unpaired) electrons. The molecule has 6 heteroatoms. The number of carbonyl (C=O) groups is 1. The Hall–Kier alpha value is -2.89. The fourth-order valence-corrected chi connectivity index (χ4v) is 2.88. The van der Waals surface area contributed by atoms with Gasteiger partial charge in [-0.3, -0.25) is 14.9 Å². The SMILES string of the molecule is CC1(C)CN(C(=O)Cc2ccccc2[N+](=O)[O-])c2ccccc2O1. The molecule has 0 aliphatic carbocycles. The maximum atomic E-state index is 12.8. The van der Waals surface area contributed by atoms with Gasteiger partial charge >= 0.3 is 0 Å². The van der Waals surface area contributed by atoms with Crippen molar-refractivity contribution in [3.8, 4) is 5.75 Å². The van der Waals surface area contributed by atoms with Crippen LogP contribution in [0.25, 0.3) is 0 Å². The standard InChI is InChI=1S/C18H18N2O4/c1-18(2)12-19(15-9-5-6-10-16(15)24-18)17(21)11-13-7-3-4-8-14(13)20(22)23/h3-10H,11-12H2,1-2H3. The number of benzene rings is 2. The molecule has 0 saturated carbocycles. The van der Waals surface area contributed by atoms with Gasteiger partial charge in [0.05, 0.1) is 23.6 Å². The summed E-state index contributed by atoms with van der Waals surface area (Å²) in [6.45, 7) is 4.21. The van der Waals surface area contributed by atoms with Gasteiger partial charge in [-0.05, 0) is 26.0 Å². The molecule has 6 nitrogen and oxygen atoms in total. The smallest absolute Gasteiger partial charge is 0.273 e. The highest BCUT2D eigenvalue weighted by atomic mass is 16.6. The molecule has 2 aromatic rings. The van der Waals surface area contributed by atoms with Crippen molar-refractivity contribution < 1.29 is 14.5 Å². The lowest BCUT2D eigenvalue weighted by atomic mass is 10.0. The van der Waals surface area contributed by atoms with Gasteiger partial charge in [0.15, 0.2) is 0 Å². The minimum Gasteiger partial charge on any atom is -0.484 e. The highest BCUT2D eigenvalue weighted by Gasteiger charge is 2.35. The topological polar surface area (TPSA) is 72.7 Å². The molecule has 0 atom stereocenters. The van der Waals surface area contributed by atoms with Crippen molar-refractivity contribution in [3.05, 3.63) is 64.2 Å². The Morgan fingerprint density at radius 3 is 2.62 bits per heavy atom. The number of anilines is 1. The van der Waals surface area contributed by atoms with Gasteiger partial charge in [0.1, 0.15) is 11.4 Å². The van der Waals surface area contributed by atoms with Crippen LogP contribution >= 0.6 is 0 Å². The van der Waals surface area contributed by atoms with E-state index in [9.17, 15) is 14.9 Å². The van der Waals surface area contributed by atoms with E-state index in [1.54, 1.807) is 23.1 Å². The summed E-state index contributed by atoms with van der Waals surface area (Å²) in [6, 6.07) is 13.7. The molecule has 0 saturated heterocycles. The second kappa shape index (κ2) is 5.96. The third-order valence-electron chi connectivity index (χ3n) is 3.91. The van der Waals surface area contributed by atoms with Gasteiger partial charge in [0.25, 0.3) is 5.69 Å².